The Hall–Kier alpha value is -1.75. The molecule has 0 spiro atoms. The van der Waals surface area contributed by atoms with Gasteiger partial charge < -0.3 is 10.4 Å². The van der Waals surface area contributed by atoms with Crippen LogP contribution in [0.3, 0.4) is 0 Å². The van der Waals surface area contributed by atoms with E-state index in [2.05, 4.69) is 20.5 Å². The molecule has 0 radical (unpaired) electrons. The molecule has 1 saturated carbocycles. The average Bonchev–Trinajstić information content (AvgIpc) is 2.54. The minimum absolute atomic E-state index is 0.0206. The third-order valence-corrected chi connectivity index (χ3v) is 4.23. The van der Waals surface area contributed by atoms with Crippen molar-refractivity contribution in [2.24, 2.45) is 5.41 Å². The van der Waals surface area contributed by atoms with Gasteiger partial charge in [-0.15, -0.1) is 10.2 Å². The van der Waals surface area contributed by atoms with Crippen LogP contribution < -0.4 is 5.32 Å². The van der Waals surface area contributed by atoms with E-state index < -0.39 is 0 Å². The number of para-hydroxylation sites is 1. The first-order valence-corrected chi connectivity index (χ1v) is 7.26. The van der Waals surface area contributed by atoms with Crippen molar-refractivity contribution in [3.63, 3.8) is 0 Å². The molecule has 1 aromatic carbocycles. The van der Waals surface area contributed by atoms with Gasteiger partial charge in [0.1, 0.15) is 5.52 Å². The summed E-state index contributed by atoms with van der Waals surface area (Å²) in [6, 6.07) is 7.69. The first-order chi connectivity index (χ1) is 9.81. The van der Waals surface area contributed by atoms with Crippen LogP contribution in [-0.2, 0) is 0 Å². The maximum atomic E-state index is 9.69. The van der Waals surface area contributed by atoms with Crippen LogP contribution in [0.4, 0.5) is 5.95 Å². The lowest BCUT2D eigenvalue weighted by atomic mass is 9.74. The number of aromatic nitrogens is 3. The van der Waals surface area contributed by atoms with Crippen LogP contribution in [0.5, 0.6) is 0 Å². The van der Waals surface area contributed by atoms with Crippen LogP contribution in [0.1, 0.15) is 32.1 Å². The molecule has 1 aliphatic rings. The fraction of sp³-hybridized carbons (Fsp3) is 0.533. The van der Waals surface area contributed by atoms with Crippen LogP contribution in [0.15, 0.2) is 24.3 Å². The molecule has 2 aromatic rings. The van der Waals surface area contributed by atoms with E-state index in [1.165, 1.54) is 19.3 Å². The predicted octanol–water partition coefficient (Wildman–Crippen LogP) is 2.38. The number of fused-ring (bicyclic) bond motifs is 1. The van der Waals surface area contributed by atoms with Crippen molar-refractivity contribution in [2.45, 2.75) is 32.1 Å². The third-order valence-electron chi connectivity index (χ3n) is 4.23. The molecule has 106 valence electrons. The number of aliphatic hydroxyl groups is 1. The Morgan fingerprint density at radius 1 is 1.05 bits per heavy atom. The van der Waals surface area contributed by atoms with E-state index in [0.717, 1.165) is 23.9 Å². The zero-order valence-corrected chi connectivity index (χ0v) is 11.5. The normalized spacial score (nSPS) is 18.1. The summed E-state index contributed by atoms with van der Waals surface area (Å²) in [5.74, 6) is 0.544. The molecule has 0 aliphatic heterocycles. The van der Waals surface area contributed by atoms with Gasteiger partial charge in [-0.3, -0.25) is 0 Å². The van der Waals surface area contributed by atoms with Crippen LogP contribution in [0.25, 0.3) is 11.0 Å². The summed E-state index contributed by atoms with van der Waals surface area (Å²) in [6.07, 6.45) is 5.79. The smallest absolute Gasteiger partial charge is 0.243 e. The molecule has 20 heavy (non-hydrogen) atoms. The number of nitrogens with one attached hydrogen (secondary N) is 1. The van der Waals surface area contributed by atoms with Crippen molar-refractivity contribution < 1.29 is 5.11 Å². The highest BCUT2D eigenvalue weighted by atomic mass is 16.3. The number of nitrogens with zero attached hydrogens (tertiary/aromatic N) is 3. The van der Waals surface area contributed by atoms with Crippen molar-refractivity contribution in [1.29, 1.82) is 0 Å². The van der Waals surface area contributed by atoms with E-state index in [1.54, 1.807) is 0 Å². The fourth-order valence-corrected chi connectivity index (χ4v) is 2.91. The maximum absolute atomic E-state index is 9.69. The first kappa shape index (κ1) is 13.2. The van der Waals surface area contributed by atoms with Gasteiger partial charge >= 0.3 is 0 Å². The average molecular weight is 272 g/mol. The van der Waals surface area contributed by atoms with E-state index in [9.17, 15) is 5.11 Å². The Morgan fingerprint density at radius 2 is 1.80 bits per heavy atom. The molecule has 0 atom stereocenters. The summed E-state index contributed by atoms with van der Waals surface area (Å²) in [4.78, 5) is 4.46. The number of hydrogen-bond donors (Lipinski definition) is 2. The zero-order valence-electron chi connectivity index (χ0n) is 11.5. The summed E-state index contributed by atoms with van der Waals surface area (Å²) in [5, 5.41) is 21.2. The summed E-state index contributed by atoms with van der Waals surface area (Å²) in [5.41, 5.74) is 1.62. The Bertz CT molecular complexity index is 581. The minimum Gasteiger partial charge on any atom is -0.396 e. The van der Waals surface area contributed by atoms with Crippen molar-refractivity contribution >= 4 is 17.0 Å². The van der Waals surface area contributed by atoms with Gasteiger partial charge in [-0.1, -0.05) is 31.4 Å². The van der Waals surface area contributed by atoms with Gasteiger partial charge in [-0.25, -0.2) is 4.98 Å². The summed E-state index contributed by atoms with van der Waals surface area (Å²) in [7, 11) is 0. The quantitative estimate of drug-likeness (QED) is 0.894. The largest absolute Gasteiger partial charge is 0.396 e. The highest BCUT2D eigenvalue weighted by Gasteiger charge is 2.31. The monoisotopic (exact) mass is 272 g/mol. The molecule has 1 fully saturated rings. The fourth-order valence-electron chi connectivity index (χ4n) is 2.91. The number of aliphatic hydroxyl groups excluding tert-OH is 1. The second-order valence-electron chi connectivity index (χ2n) is 5.70. The van der Waals surface area contributed by atoms with Gasteiger partial charge in [-0.2, -0.15) is 0 Å². The maximum Gasteiger partial charge on any atom is 0.243 e. The van der Waals surface area contributed by atoms with Crippen molar-refractivity contribution in [3.05, 3.63) is 24.3 Å². The highest BCUT2D eigenvalue weighted by molar-refractivity contribution is 5.73. The first-order valence-electron chi connectivity index (χ1n) is 7.26. The second-order valence-corrected chi connectivity index (χ2v) is 5.70. The van der Waals surface area contributed by atoms with Gasteiger partial charge in [-0.05, 0) is 25.0 Å². The van der Waals surface area contributed by atoms with Gasteiger partial charge in [0.05, 0.1) is 12.1 Å². The number of benzene rings is 1. The standard InChI is InChI=1S/C15H20N4O/c20-11-15(8-4-1-5-9-15)10-16-14-17-12-6-2-3-7-13(12)18-19-14/h2-3,6-7,20H,1,4-5,8-11H2,(H,16,17,19). The molecule has 1 aliphatic carbocycles. The molecule has 0 amide bonds. The Kier molecular flexibility index (Phi) is 3.78. The van der Waals surface area contributed by atoms with Gasteiger partial charge in [0, 0.05) is 12.0 Å². The Balaban J connectivity index is 1.72. The molecular formula is C15H20N4O. The molecule has 0 saturated heterocycles. The van der Waals surface area contributed by atoms with Crippen LogP contribution in [0.2, 0.25) is 0 Å². The van der Waals surface area contributed by atoms with E-state index in [4.69, 9.17) is 0 Å². The van der Waals surface area contributed by atoms with Crippen molar-refractivity contribution in [1.82, 2.24) is 15.2 Å². The summed E-state index contributed by atoms with van der Waals surface area (Å²) >= 11 is 0. The third kappa shape index (κ3) is 2.72. The van der Waals surface area contributed by atoms with Gasteiger partial charge in [0.15, 0.2) is 0 Å². The van der Waals surface area contributed by atoms with Gasteiger partial charge in [0.2, 0.25) is 5.95 Å². The molecule has 2 N–H and O–H groups in total. The molecule has 5 heteroatoms. The molecule has 5 nitrogen and oxygen atoms in total. The number of rotatable bonds is 4. The lowest BCUT2D eigenvalue weighted by Gasteiger charge is -2.35. The predicted molar refractivity (Wildman–Crippen MR) is 78.4 cm³/mol. The Labute approximate surface area is 118 Å². The lowest BCUT2D eigenvalue weighted by molar-refractivity contribution is 0.0942. The molecule has 1 heterocycles. The van der Waals surface area contributed by atoms with Crippen LogP contribution in [-0.4, -0.2) is 33.4 Å². The van der Waals surface area contributed by atoms with Crippen LogP contribution in [0, 0.1) is 5.41 Å². The van der Waals surface area contributed by atoms with E-state index in [-0.39, 0.29) is 12.0 Å². The molecule has 0 unspecified atom stereocenters. The molecule has 3 rings (SSSR count). The second kappa shape index (κ2) is 5.71. The topological polar surface area (TPSA) is 70.9 Å². The highest BCUT2D eigenvalue weighted by Crippen LogP contribution is 2.35. The SMILES string of the molecule is OCC1(CNc2nnc3ccccc3n2)CCCCC1. The van der Waals surface area contributed by atoms with Gasteiger partial charge in [0.25, 0.3) is 0 Å². The molecule has 1 aromatic heterocycles. The van der Waals surface area contributed by atoms with E-state index in [1.807, 2.05) is 24.3 Å². The summed E-state index contributed by atoms with van der Waals surface area (Å²) in [6.45, 7) is 0.935. The number of anilines is 1. The minimum atomic E-state index is -0.0206. The van der Waals surface area contributed by atoms with Crippen LogP contribution >= 0.6 is 0 Å². The molecule has 0 bridgehead atoms. The number of hydrogen-bond acceptors (Lipinski definition) is 5. The van der Waals surface area contributed by atoms with E-state index in [0.29, 0.717) is 12.5 Å². The summed E-state index contributed by atoms with van der Waals surface area (Å²) < 4.78 is 0. The zero-order chi connectivity index (χ0) is 13.8. The van der Waals surface area contributed by atoms with Crippen molar-refractivity contribution in [3.8, 4) is 0 Å². The Morgan fingerprint density at radius 3 is 2.55 bits per heavy atom. The van der Waals surface area contributed by atoms with Crippen molar-refractivity contribution in [2.75, 3.05) is 18.5 Å². The molecular weight excluding hydrogens is 252 g/mol. The van der Waals surface area contributed by atoms with E-state index >= 15 is 0 Å². The lowest BCUT2D eigenvalue weighted by Crippen LogP contribution is -2.36.